The molecule has 5 heteroatoms. The number of hydrogen-bond acceptors (Lipinski definition) is 4. The van der Waals surface area contributed by atoms with Crippen LogP contribution in [0.15, 0.2) is 54.7 Å². The molecule has 1 aromatic heterocycles. The van der Waals surface area contributed by atoms with Crippen molar-refractivity contribution in [3.63, 3.8) is 0 Å². The van der Waals surface area contributed by atoms with Gasteiger partial charge in [0, 0.05) is 41.8 Å². The Balaban J connectivity index is 1.85. The van der Waals surface area contributed by atoms with Gasteiger partial charge in [0.2, 0.25) is 0 Å². The van der Waals surface area contributed by atoms with E-state index in [1.807, 2.05) is 37.4 Å². The topological polar surface area (TPSA) is 37.4 Å². The highest BCUT2D eigenvalue weighted by molar-refractivity contribution is 6.30. The minimum absolute atomic E-state index is 0.0530. The van der Waals surface area contributed by atoms with Gasteiger partial charge in [-0.05, 0) is 55.8 Å². The molecule has 1 fully saturated rings. The summed E-state index contributed by atoms with van der Waals surface area (Å²) >= 11 is 6.41. The number of benzene rings is 2. The van der Waals surface area contributed by atoms with Gasteiger partial charge in [0.15, 0.2) is 0 Å². The Labute approximate surface area is 171 Å². The van der Waals surface area contributed by atoms with Gasteiger partial charge in [-0.15, -0.1) is 0 Å². The van der Waals surface area contributed by atoms with E-state index < -0.39 is 0 Å². The standard InChI is InChI=1S/C23H26ClN3O/c1-2-28-22-9-8-19(24)15-20(22)23(27-12-5-10-25-11-13-27)18-14-17-6-3-4-7-21(17)26-16-18/h3-4,6-9,14-16,23,25H,2,5,10-13H2,1H3. The van der Waals surface area contributed by atoms with Crippen molar-refractivity contribution in [1.29, 1.82) is 0 Å². The first-order valence-electron chi connectivity index (χ1n) is 9.98. The lowest BCUT2D eigenvalue weighted by atomic mass is 9.96. The average Bonchev–Trinajstić information content (AvgIpc) is 3.00. The Hall–Kier alpha value is -2.14. The SMILES string of the molecule is CCOc1ccc(Cl)cc1C(c1cnc2ccccc2c1)N1CCCNCC1. The smallest absolute Gasteiger partial charge is 0.124 e. The van der Waals surface area contributed by atoms with Gasteiger partial charge < -0.3 is 10.1 Å². The molecule has 0 aliphatic carbocycles. The molecular formula is C23H26ClN3O. The normalized spacial score (nSPS) is 16.6. The van der Waals surface area contributed by atoms with E-state index in [9.17, 15) is 0 Å². The molecule has 0 amide bonds. The highest BCUT2D eigenvalue weighted by Gasteiger charge is 2.27. The number of para-hydroxylation sites is 1. The molecule has 146 valence electrons. The van der Waals surface area contributed by atoms with E-state index in [4.69, 9.17) is 21.3 Å². The van der Waals surface area contributed by atoms with Gasteiger partial charge in [-0.1, -0.05) is 29.8 Å². The summed E-state index contributed by atoms with van der Waals surface area (Å²) in [5, 5.41) is 5.38. The third-order valence-corrected chi connectivity index (χ3v) is 5.47. The largest absolute Gasteiger partial charge is 0.494 e. The second-order valence-corrected chi connectivity index (χ2v) is 7.56. The van der Waals surface area contributed by atoms with Gasteiger partial charge in [-0.3, -0.25) is 9.88 Å². The first-order valence-corrected chi connectivity index (χ1v) is 10.4. The van der Waals surface area contributed by atoms with Crippen LogP contribution in [0.5, 0.6) is 5.75 Å². The van der Waals surface area contributed by atoms with Crippen molar-refractivity contribution in [3.8, 4) is 5.75 Å². The Morgan fingerprint density at radius 1 is 1.14 bits per heavy atom. The lowest BCUT2D eigenvalue weighted by Crippen LogP contribution is -2.33. The first kappa shape index (κ1) is 19.2. The minimum atomic E-state index is 0.0530. The van der Waals surface area contributed by atoms with Crippen LogP contribution in [-0.4, -0.2) is 42.7 Å². The number of halogens is 1. The molecule has 0 bridgehead atoms. The van der Waals surface area contributed by atoms with Crippen molar-refractivity contribution < 1.29 is 4.74 Å². The van der Waals surface area contributed by atoms with E-state index in [1.165, 1.54) is 5.56 Å². The molecular weight excluding hydrogens is 370 g/mol. The summed E-state index contributed by atoms with van der Waals surface area (Å²) in [6, 6.07) is 16.5. The maximum absolute atomic E-state index is 6.41. The fourth-order valence-corrected chi connectivity index (χ4v) is 4.15. The molecule has 1 aliphatic rings. The molecule has 28 heavy (non-hydrogen) atoms. The second kappa shape index (κ2) is 8.91. The molecule has 1 aliphatic heterocycles. The zero-order valence-electron chi connectivity index (χ0n) is 16.2. The van der Waals surface area contributed by atoms with E-state index in [0.717, 1.165) is 59.8 Å². The lowest BCUT2D eigenvalue weighted by molar-refractivity contribution is 0.233. The van der Waals surface area contributed by atoms with Crippen LogP contribution in [0.25, 0.3) is 10.9 Å². The lowest BCUT2D eigenvalue weighted by Gasteiger charge is -2.32. The highest BCUT2D eigenvalue weighted by atomic mass is 35.5. The fraction of sp³-hybridized carbons (Fsp3) is 0.348. The molecule has 0 radical (unpaired) electrons. The summed E-state index contributed by atoms with van der Waals surface area (Å²) in [4.78, 5) is 7.24. The maximum Gasteiger partial charge on any atom is 0.124 e. The fourth-order valence-electron chi connectivity index (χ4n) is 3.97. The molecule has 1 saturated heterocycles. The van der Waals surface area contributed by atoms with E-state index in [-0.39, 0.29) is 6.04 Å². The second-order valence-electron chi connectivity index (χ2n) is 7.12. The summed E-state index contributed by atoms with van der Waals surface area (Å²) in [5.41, 5.74) is 3.29. The maximum atomic E-state index is 6.41. The van der Waals surface area contributed by atoms with Crippen LogP contribution in [0, 0.1) is 0 Å². The zero-order valence-corrected chi connectivity index (χ0v) is 17.0. The summed E-state index contributed by atoms with van der Waals surface area (Å²) < 4.78 is 5.98. The van der Waals surface area contributed by atoms with Gasteiger partial charge in [-0.2, -0.15) is 0 Å². The van der Waals surface area contributed by atoms with E-state index in [0.29, 0.717) is 6.61 Å². The number of nitrogens with one attached hydrogen (secondary N) is 1. The Kier molecular flexibility index (Phi) is 6.10. The van der Waals surface area contributed by atoms with Crippen LogP contribution in [0.4, 0.5) is 0 Å². The zero-order chi connectivity index (χ0) is 19.3. The Bertz CT molecular complexity index is 938. The van der Waals surface area contributed by atoms with Gasteiger partial charge >= 0.3 is 0 Å². The number of aromatic nitrogens is 1. The van der Waals surface area contributed by atoms with Crippen LogP contribution in [0.2, 0.25) is 5.02 Å². The van der Waals surface area contributed by atoms with E-state index in [2.05, 4.69) is 34.5 Å². The van der Waals surface area contributed by atoms with Crippen LogP contribution < -0.4 is 10.1 Å². The number of nitrogens with zero attached hydrogens (tertiary/aromatic N) is 2. The number of ether oxygens (including phenoxy) is 1. The molecule has 1 unspecified atom stereocenters. The molecule has 2 heterocycles. The van der Waals surface area contributed by atoms with Crippen molar-refractivity contribution in [3.05, 3.63) is 70.9 Å². The van der Waals surface area contributed by atoms with Crippen molar-refractivity contribution in [1.82, 2.24) is 15.2 Å². The molecule has 0 saturated carbocycles. The van der Waals surface area contributed by atoms with Crippen molar-refractivity contribution >= 4 is 22.5 Å². The number of rotatable bonds is 5. The number of pyridine rings is 1. The number of fused-ring (bicyclic) bond motifs is 1. The predicted octanol–water partition coefficient (Wildman–Crippen LogP) is 4.67. The summed E-state index contributed by atoms with van der Waals surface area (Å²) in [6.07, 6.45) is 3.12. The third-order valence-electron chi connectivity index (χ3n) is 5.23. The van der Waals surface area contributed by atoms with E-state index >= 15 is 0 Å². The quantitative estimate of drug-likeness (QED) is 0.681. The molecule has 2 aromatic carbocycles. The average molecular weight is 396 g/mol. The van der Waals surface area contributed by atoms with Crippen LogP contribution in [0.3, 0.4) is 0 Å². The van der Waals surface area contributed by atoms with E-state index in [1.54, 1.807) is 0 Å². The van der Waals surface area contributed by atoms with Gasteiger partial charge in [0.05, 0.1) is 18.2 Å². The van der Waals surface area contributed by atoms with Gasteiger partial charge in [0.25, 0.3) is 0 Å². The Morgan fingerprint density at radius 3 is 2.93 bits per heavy atom. The summed E-state index contributed by atoms with van der Waals surface area (Å²) in [7, 11) is 0. The van der Waals surface area contributed by atoms with Crippen LogP contribution in [0.1, 0.15) is 30.5 Å². The minimum Gasteiger partial charge on any atom is -0.494 e. The molecule has 3 aromatic rings. The predicted molar refractivity (Wildman–Crippen MR) is 115 cm³/mol. The first-order chi connectivity index (χ1) is 13.8. The third kappa shape index (κ3) is 4.14. The van der Waals surface area contributed by atoms with Crippen LogP contribution >= 0.6 is 11.6 Å². The van der Waals surface area contributed by atoms with Crippen molar-refractivity contribution in [2.24, 2.45) is 0 Å². The molecule has 1 N–H and O–H groups in total. The van der Waals surface area contributed by atoms with Crippen molar-refractivity contribution in [2.45, 2.75) is 19.4 Å². The number of hydrogen-bond donors (Lipinski definition) is 1. The molecule has 1 atom stereocenters. The highest BCUT2D eigenvalue weighted by Crippen LogP contribution is 2.37. The Morgan fingerprint density at radius 2 is 2.04 bits per heavy atom. The summed E-state index contributed by atoms with van der Waals surface area (Å²) in [5.74, 6) is 0.891. The molecule has 4 rings (SSSR count). The summed E-state index contributed by atoms with van der Waals surface area (Å²) in [6.45, 7) is 6.65. The monoisotopic (exact) mass is 395 g/mol. The molecule has 0 spiro atoms. The van der Waals surface area contributed by atoms with Gasteiger partial charge in [-0.25, -0.2) is 0 Å². The van der Waals surface area contributed by atoms with Crippen molar-refractivity contribution in [2.75, 3.05) is 32.8 Å². The molecule has 4 nitrogen and oxygen atoms in total. The van der Waals surface area contributed by atoms with Crippen LogP contribution in [-0.2, 0) is 0 Å². The van der Waals surface area contributed by atoms with Gasteiger partial charge in [0.1, 0.15) is 5.75 Å².